The highest BCUT2D eigenvalue weighted by Crippen LogP contribution is 2.42. The molecule has 1 aliphatic heterocycles. The van der Waals surface area contributed by atoms with Crippen LogP contribution in [0.3, 0.4) is 0 Å². The summed E-state index contributed by atoms with van der Waals surface area (Å²) in [6.07, 6.45) is 4.85. The predicted molar refractivity (Wildman–Crippen MR) is 122 cm³/mol. The zero-order valence-electron chi connectivity index (χ0n) is 17.8. The molecule has 2 aromatic rings. The largest absolute Gasteiger partial charge is 0.415 e. The second kappa shape index (κ2) is 8.06. The van der Waals surface area contributed by atoms with Crippen molar-refractivity contribution in [2.45, 2.75) is 76.4 Å². The van der Waals surface area contributed by atoms with Crippen LogP contribution in [0.15, 0.2) is 60.7 Å². The van der Waals surface area contributed by atoms with Crippen molar-refractivity contribution in [2.75, 3.05) is 0 Å². The van der Waals surface area contributed by atoms with Gasteiger partial charge in [0.2, 0.25) is 0 Å². The van der Waals surface area contributed by atoms with Gasteiger partial charge in [-0.15, -0.1) is 0 Å². The maximum atomic E-state index is 6.87. The Morgan fingerprint density at radius 2 is 1.41 bits per heavy atom. The molecule has 1 heterocycles. The minimum atomic E-state index is -1.52. The van der Waals surface area contributed by atoms with Crippen molar-refractivity contribution in [3.63, 3.8) is 0 Å². The average molecular weight is 397 g/mol. The van der Waals surface area contributed by atoms with E-state index in [4.69, 9.17) is 4.43 Å². The summed E-state index contributed by atoms with van der Waals surface area (Å²) in [4.78, 5) is 0. The molecule has 1 atom stereocenters. The van der Waals surface area contributed by atoms with E-state index < -0.39 is 15.4 Å². The quantitative estimate of drug-likeness (QED) is 0.471. The summed E-state index contributed by atoms with van der Waals surface area (Å²) in [6, 6.07) is 23.4. The highest BCUT2D eigenvalue weighted by atomic mass is 29.3. The smallest absolute Gasteiger partial charge is 0.174 e. The highest BCUT2D eigenvalue weighted by molar-refractivity contribution is 7.38. The number of rotatable bonds is 6. The Morgan fingerprint density at radius 1 is 0.889 bits per heavy atom. The van der Waals surface area contributed by atoms with Crippen molar-refractivity contribution in [3.05, 3.63) is 71.8 Å². The minimum Gasteiger partial charge on any atom is -0.415 e. The maximum Gasteiger partial charge on any atom is 0.174 e. The van der Waals surface area contributed by atoms with Gasteiger partial charge in [-0.05, 0) is 56.8 Å². The first kappa shape index (κ1) is 20.6. The summed E-state index contributed by atoms with van der Waals surface area (Å²) in [7, 11) is -2.68. The first-order valence-electron chi connectivity index (χ1n) is 10.5. The Balaban J connectivity index is 1.68. The number of hydrogen-bond acceptors (Lipinski definition) is 1. The van der Waals surface area contributed by atoms with Crippen molar-refractivity contribution in [2.24, 2.45) is 0 Å². The molecule has 1 unspecified atom stereocenters. The van der Waals surface area contributed by atoms with Gasteiger partial charge in [-0.25, -0.2) is 0 Å². The van der Waals surface area contributed by atoms with Crippen LogP contribution in [-0.4, -0.2) is 21.0 Å². The molecule has 0 spiro atoms. The Labute approximate surface area is 168 Å². The molecule has 0 aromatic heterocycles. The van der Waals surface area contributed by atoms with Crippen molar-refractivity contribution in [1.82, 2.24) is 0 Å². The molecule has 0 N–H and O–H groups in total. The summed E-state index contributed by atoms with van der Waals surface area (Å²) in [5.41, 5.74) is 2.96. The molecule has 3 heteroatoms. The second-order valence-corrected chi connectivity index (χ2v) is 24.9. The third kappa shape index (κ3) is 4.82. The number of benzene rings is 2. The molecule has 1 fully saturated rings. The van der Waals surface area contributed by atoms with Crippen molar-refractivity contribution in [3.8, 4) is 0 Å². The summed E-state index contributed by atoms with van der Waals surface area (Å²) >= 11 is 0. The van der Waals surface area contributed by atoms with E-state index in [0.29, 0.717) is 5.92 Å². The van der Waals surface area contributed by atoms with E-state index in [-0.39, 0.29) is 5.60 Å². The van der Waals surface area contributed by atoms with Gasteiger partial charge in [0.25, 0.3) is 0 Å². The van der Waals surface area contributed by atoms with Crippen LogP contribution in [0.5, 0.6) is 0 Å². The lowest BCUT2D eigenvalue weighted by atomic mass is 9.85. The first-order valence-corrected chi connectivity index (χ1v) is 17.6. The SMILES string of the molecule is CC1(CCCC(c2ccccc2)c2ccccc2)CC[Si](C)(C)[Si](C)(C)O1. The molecular formula is C24H36OSi2. The van der Waals surface area contributed by atoms with E-state index in [0.717, 1.165) is 0 Å². The van der Waals surface area contributed by atoms with Crippen LogP contribution < -0.4 is 0 Å². The first-order chi connectivity index (χ1) is 12.7. The fourth-order valence-corrected chi connectivity index (χ4v) is 11.7. The summed E-state index contributed by atoms with van der Waals surface area (Å²) < 4.78 is 6.87. The van der Waals surface area contributed by atoms with Gasteiger partial charge in [0, 0.05) is 5.92 Å². The third-order valence-corrected chi connectivity index (χ3v) is 23.6. The molecule has 0 saturated carbocycles. The molecule has 0 radical (unpaired) electrons. The van der Waals surface area contributed by atoms with E-state index in [1.807, 2.05) is 0 Å². The van der Waals surface area contributed by atoms with Gasteiger partial charge in [-0.3, -0.25) is 0 Å². The fourth-order valence-electron chi connectivity index (χ4n) is 4.44. The normalized spacial score (nSPS) is 24.1. The van der Waals surface area contributed by atoms with Gasteiger partial charge in [0.05, 0.1) is 13.2 Å². The highest BCUT2D eigenvalue weighted by Gasteiger charge is 2.51. The second-order valence-electron chi connectivity index (χ2n) is 9.71. The monoisotopic (exact) mass is 396 g/mol. The Bertz CT molecular complexity index is 687. The zero-order chi connectivity index (χ0) is 19.5. The van der Waals surface area contributed by atoms with Crippen LogP contribution in [0.1, 0.15) is 49.7 Å². The van der Waals surface area contributed by atoms with E-state index in [9.17, 15) is 0 Å². The van der Waals surface area contributed by atoms with Gasteiger partial charge in [-0.1, -0.05) is 79.8 Å². The maximum absolute atomic E-state index is 6.87. The molecule has 0 amide bonds. The van der Waals surface area contributed by atoms with Gasteiger partial charge in [0.15, 0.2) is 7.83 Å². The van der Waals surface area contributed by atoms with Gasteiger partial charge in [-0.2, -0.15) is 0 Å². The lowest BCUT2D eigenvalue weighted by molar-refractivity contribution is 0.0605. The molecule has 0 bridgehead atoms. The minimum absolute atomic E-state index is 0.0934. The lowest BCUT2D eigenvalue weighted by Crippen LogP contribution is -2.64. The summed E-state index contributed by atoms with van der Waals surface area (Å²) in [5.74, 6) is 0.482. The summed E-state index contributed by atoms with van der Waals surface area (Å²) in [5, 5.41) is 0. The van der Waals surface area contributed by atoms with Crippen LogP contribution in [0.2, 0.25) is 32.2 Å². The Kier molecular flexibility index (Phi) is 6.14. The van der Waals surface area contributed by atoms with Crippen LogP contribution in [0.25, 0.3) is 0 Å². The molecular weight excluding hydrogens is 360 g/mol. The average Bonchev–Trinajstić information content (AvgIpc) is 2.64. The van der Waals surface area contributed by atoms with E-state index in [1.165, 1.54) is 42.9 Å². The Hall–Kier alpha value is -1.17. The molecule has 2 aromatic carbocycles. The van der Waals surface area contributed by atoms with E-state index in [2.05, 4.69) is 93.8 Å². The van der Waals surface area contributed by atoms with Gasteiger partial charge >= 0.3 is 0 Å². The Morgan fingerprint density at radius 3 is 1.89 bits per heavy atom. The van der Waals surface area contributed by atoms with Crippen LogP contribution in [0.4, 0.5) is 0 Å². The van der Waals surface area contributed by atoms with Crippen LogP contribution >= 0.6 is 0 Å². The van der Waals surface area contributed by atoms with Gasteiger partial charge < -0.3 is 4.43 Å². The summed E-state index contributed by atoms with van der Waals surface area (Å²) in [6.45, 7) is 12.4. The topological polar surface area (TPSA) is 9.23 Å². The molecule has 146 valence electrons. The lowest BCUT2D eigenvalue weighted by Gasteiger charge is -2.51. The van der Waals surface area contributed by atoms with E-state index in [1.54, 1.807) is 0 Å². The van der Waals surface area contributed by atoms with Gasteiger partial charge in [0.1, 0.15) is 0 Å². The zero-order valence-corrected chi connectivity index (χ0v) is 19.8. The van der Waals surface area contributed by atoms with E-state index >= 15 is 0 Å². The third-order valence-electron chi connectivity index (χ3n) is 7.01. The number of hydrogen-bond donors (Lipinski definition) is 0. The molecule has 27 heavy (non-hydrogen) atoms. The standard InChI is InChI=1S/C24H36OSi2/c1-24(19-20-26(2,3)27(4,5)25-24)18-12-17-23(21-13-8-6-9-14-21)22-15-10-7-11-16-22/h6-11,13-16,23H,12,17-20H2,1-5H3. The fraction of sp³-hybridized carbons (Fsp3) is 0.500. The predicted octanol–water partition coefficient (Wildman–Crippen LogP) is 7.16. The van der Waals surface area contributed by atoms with Crippen molar-refractivity contribution < 1.29 is 4.43 Å². The molecule has 1 aliphatic rings. The van der Waals surface area contributed by atoms with Crippen LogP contribution in [0, 0.1) is 0 Å². The van der Waals surface area contributed by atoms with Crippen molar-refractivity contribution >= 4 is 15.4 Å². The van der Waals surface area contributed by atoms with Crippen LogP contribution in [-0.2, 0) is 4.43 Å². The molecule has 1 nitrogen and oxygen atoms in total. The molecule has 3 rings (SSSR count). The molecule has 1 saturated heterocycles. The van der Waals surface area contributed by atoms with Crippen molar-refractivity contribution in [1.29, 1.82) is 0 Å². The molecule has 0 aliphatic carbocycles.